The van der Waals surface area contributed by atoms with Crippen molar-refractivity contribution in [3.8, 4) is 22.9 Å². The van der Waals surface area contributed by atoms with E-state index in [2.05, 4.69) is 10.5 Å². The number of allylic oxidation sites excluding steroid dienone is 1. The minimum atomic E-state index is -0.428. The lowest BCUT2D eigenvalue weighted by Gasteiger charge is -2.36. The Balaban J connectivity index is 1.55. The second kappa shape index (κ2) is 9.79. The zero-order valence-corrected chi connectivity index (χ0v) is 20.0. The van der Waals surface area contributed by atoms with Crippen molar-refractivity contribution in [1.82, 2.24) is 20.4 Å². The van der Waals surface area contributed by atoms with Gasteiger partial charge in [0.15, 0.2) is 11.5 Å². The summed E-state index contributed by atoms with van der Waals surface area (Å²) < 4.78 is 22.3. The monoisotopic (exact) mass is 476 g/mol. The molecule has 3 aromatic rings. The molecule has 2 amide bonds. The van der Waals surface area contributed by atoms with Crippen molar-refractivity contribution < 1.29 is 23.5 Å². The maximum atomic E-state index is 13.1. The minimum absolute atomic E-state index is 0.00948. The first-order valence-corrected chi connectivity index (χ1v) is 11.6. The van der Waals surface area contributed by atoms with Crippen molar-refractivity contribution in [2.45, 2.75) is 31.9 Å². The van der Waals surface area contributed by atoms with Crippen molar-refractivity contribution in [2.24, 2.45) is 0 Å². The van der Waals surface area contributed by atoms with Crippen LogP contribution in [0.5, 0.6) is 11.5 Å². The SMILES string of the molecule is COc1ccc(-c2noc(C3=C(C)N(CC4CCCO4)C(=O)NC3c3ccccc3)n2)cc1OC. The van der Waals surface area contributed by atoms with Crippen molar-refractivity contribution >= 4 is 11.6 Å². The Kier molecular flexibility index (Phi) is 6.41. The van der Waals surface area contributed by atoms with Gasteiger partial charge in [-0.15, -0.1) is 0 Å². The number of rotatable bonds is 7. The standard InChI is InChI=1S/C26H28N4O5/c1-16-22(25-28-24(29-35-25)18-11-12-20(32-2)21(14-18)33-3)23(17-8-5-4-6-9-17)27-26(31)30(16)15-19-10-7-13-34-19/h4-6,8-9,11-12,14,19,23H,7,10,13,15H2,1-3H3,(H,27,31). The molecule has 35 heavy (non-hydrogen) atoms. The molecule has 9 heteroatoms. The van der Waals surface area contributed by atoms with Crippen LogP contribution < -0.4 is 14.8 Å². The third-order valence-electron chi connectivity index (χ3n) is 6.44. The maximum Gasteiger partial charge on any atom is 0.322 e. The maximum absolute atomic E-state index is 13.1. The first kappa shape index (κ1) is 22.9. The summed E-state index contributed by atoms with van der Waals surface area (Å²) in [6.45, 7) is 3.11. The number of carbonyl (C=O) groups excluding carboxylic acids is 1. The van der Waals surface area contributed by atoms with Crippen molar-refractivity contribution in [3.63, 3.8) is 0 Å². The summed E-state index contributed by atoms with van der Waals surface area (Å²) in [4.78, 5) is 19.6. The van der Waals surface area contributed by atoms with E-state index in [1.54, 1.807) is 31.3 Å². The Morgan fingerprint density at radius 1 is 1.11 bits per heavy atom. The van der Waals surface area contributed by atoms with Gasteiger partial charge in [0.25, 0.3) is 5.89 Å². The number of amides is 2. The van der Waals surface area contributed by atoms with Gasteiger partial charge in [-0.2, -0.15) is 4.98 Å². The number of hydrogen-bond donors (Lipinski definition) is 1. The van der Waals surface area contributed by atoms with Gasteiger partial charge in [-0.1, -0.05) is 35.5 Å². The molecule has 0 radical (unpaired) electrons. The largest absolute Gasteiger partial charge is 0.493 e. The summed E-state index contributed by atoms with van der Waals surface area (Å²) in [5.41, 5.74) is 3.18. The molecule has 0 saturated carbocycles. The zero-order chi connectivity index (χ0) is 24.4. The molecular formula is C26H28N4O5. The van der Waals surface area contributed by atoms with Crippen LogP contribution in [0.2, 0.25) is 0 Å². The number of urea groups is 1. The van der Waals surface area contributed by atoms with Gasteiger partial charge in [0, 0.05) is 17.9 Å². The van der Waals surface area contributed by atoms with Crippen LogP contribution in [0.4, 0.5) is 4.79 Å². The van der Waals surface area contributed by atoms with Crippen molar-refractivity contribution in [1.29, 1.82) is 0 Å². The topological polar surface area (TPSA) is 99.0 Å². The molecule has 2 atom stereocenters. The summed E-state index contributed by atoms with van der Waals surface area (Å²) in [6, 6.07) is 14.6. The number of methoxy groups -OCH3 is 2. The van der Waals surface area contributed by atoms with Crippen LogP contribution >= 0.6 is 0 Å². The third kappa shape index (κ3) is 4.46. The highest BCUT2D eigenvalue weighted by atomic mass is 16.5. The van der Waals surface area contributed by atoms with Gasteiger partial charge in [0.2, 0.25) is 5.82 Å². The minimum Gasteiger partial charge on any atom is -0.493 e. The van der Waals surface area contributed by atoms with Crippen LogP contribution in [0.3, 0.4) is 0 Å². The summed E-state index contributed by atoms with van der Waals surface area (Å²) in [6.07, 6.45) is 1.94. The average molecular weight is 477 g/mol. The van der Waals surface area contributed by atoms with Crippen LogP contribution in [0.15, 0.2) is 58.8 Å². The van der Waals surface area contributed by atoms with Crippen LogP contribution in [0, 0.1) is 0 Å². The molecule has 2 aromatic carbocycles. The van der Waals surface area contributed by atoms with Gasteiger partial charge in [-0.3, -0.25) is 4.90 Å². The first-order valence-electron chi connectivity index (χ1n) is 11.6. The van der Waals surface area contributed by atoms with Gasteiger partial charge in [-0.25, -0.2) is 4.79 Å². The summed E-state index contributed by atoms with van der Waals surface area (Å²) >= 11 is 0. The highest BCUT2D eigenvalue weighted by molar-refractivity contribution is 5.87. The number of ether oxygens (including phenoxy) is 3. The average Bonchev–Trinajstić information content (AvgIpc) is 3.59. The molecule has 3 heterocycles. The lowest BCUT2D eigenvalue weighted by molar-refractivity contribution is 0.0877. The number of aromatic nitrogens is 2. The Morgan fingerprint density at radius 3 is 2.63 bits per heavy atom. The second-order valence-corrected chi connectivity index (χ2v) is 8.53. The molecule has 0 spiro atoms. The van der Waals surface area contributed by atoms with Crippen LogP contribution in [-0.4, -0.2) is 54.5 Å². The first-order chi connectivity index (χ1) is 17.1. The highest BCUT2D eigenvalue weighted by Crippen LogP contribution is 2.38. The van der Waals surface area contributed by atoms with Gasteiger partial charge in [0.1, 0.15) is 0 Å². The molecule has 2 aliphatic rings. The van der Waals surface area contributed by atoms with Gasteiger partial charge >= 0.3 is 6.03 Å². The molecular weight excluding hydrogens is 448 g/mol. The number of benzene rings is 2. The van der Waals surface area contributed by atoms with E-state index in [1.807, 2.05) is 43.3 Å². The fourth-order valence-corrected chi connectivity index (χ4v) is 4.59. The Morgan fingerprint density at radius 2 is 1.91 bits per heavy atom. The number of hydrogen-bond acceptors (Lipinski definition) is 7. The molecule has 2 aliphatic heterocycles. The van der Waals surface area contributed by atoms with Crippen LogP contribution in [-0.2, 0) is 4.74 Å². The van der Waals surface area contributed by atoms with E-state index in [0.717, 1.165) is 41.8 Å². The molecule has 182 valence electrons. The summed E-state index contributed by atoms with van der Waals surface area (Å²) in [5, 5.41) is 7.36. The smallest absolute Gasteiger partial charge is 0.322 e. The summed E-state index contributed by atoms with van der Waals surface area (Å²) in [5.74, 6) is 1.94. The molecule has 5 rings (SSSR count). The van der Waals surface area contributed by atoms with Crippen molar-refractivity contribution in [2.75, 3.05) is 27.4 Å². The van der Waals surface area contributed by atoms with E-state index < -0.39 is 6.04 Å². The molecule has 0 bridgehead atoms. The Labute approximate surface area is 203 Å². The van der Waals surface area contributed by atoms with E-state index in [0.29, 0.717) is 29.8 Å². The van der Waals surface area contributed by atoms with Gasteiger partial charge in [0.05, 0.1) is 38.5 Å². The quantitative estimate of drug-likeness (QED) is 0.539. The molecule has 0 aliphatic carbocycles. The Bertz CT molecular complexity index is 1230. The fourth-order valence-electron chi connectivity index (χ4n) is 4.59. The van der Waals surface area contributed by atoms with Gasteiger partial charge in [-0.05, 0) is 43.5 Å². The molecule has 1 aromatic heterocycles. The number of nitrogens with zero attached hydrogens (tertiary/aromatic N) is 3. The van der Waals surface area contributed by atoms with Crippen LogP contribution in [0.1, 0.15) is 37.3 Å². The lowest BCUT2D eigenvalue weighted by Crippen LogP contribution is -2.48. The van der Waals surface area contributed by atoms with E-state index in [-0.39, 0.29) is 12.1 Å². The lowest BCUT2D eigenvalue weighted by atomic mass is 9.94. The number of carbonyl (C=O) groups is 1. The van der Waals surface area contributed by atoms with E-state index in [4.69, 9.17) is 23.7 Å². The normalized spacial score (nSPS) is 20.2. The molecule has 1 fully saturated rings. The molecule has 9 nitrogen and oxygen atoms in total. The van der Waals surface area contributed by atoms with E-state index >= 15 is 0 Å². The van der Waals surface area contributed by atoms with E-state index in [9.17, 15) is 4.79 Å². The van der Waals surface area contributed by atoms with Gasteiger partial charge < -0.3 is 24.1 Å². The van der Waals surface area contributed by atoms with Crippen molar-refractivity contribution in [3.05, 3.63) is 65.7 Å². The number of nitrogens with one attached hydrogen (secondary N) is 1. The molecule has 1 N–H and O–H groups in total. The fraction of sp³-hybridized carbons (Fsp3) is 0.346. The van der Waals surface area contributed by atoms with E-state index in [1.165, 1.54) is 0 Å². The summed E-state index contributed by atoms with van der Waals surface area (Å²) in [7, 11) is 3.16. The zero-order valence-electron chi connectivity index (χ0n) is 20.0. The molecule has 2 unspecified atom stereocenters. The third-order valence-corrected chi connectivity index (χ3v) is 6.44. The highest BCUT2D eigenvalue weighted by Gasteiger charge is 2.37. The molecule has 1 saturated heterocycles. The van der Waals surface area contributed by atoms with Crippen LogP contribution in [0.25, 0.3) is 17.0 Å². The Hall–Kier alpha value is -3.85. The predicted octanol–water partition coefficient (Wildman–Crippen LogP) is 4.43. The predicted molar refractivity (Wildman–Crippen MR) is 129 cm³/mol. The second-order valence-electron chi connectivity index (χ2n) is 8.53.